The second-order valence-electron chi connectivity index (χ2n) is 5.93. The van der Waals surface area contributed by atoms with E-state index >= 15 is 0 Å². The number of primary sulfonamides is 1. The van der Waals surface area contributed by atoms with Gasteiger partial charge in [0.2, 0.25) is 10.0 Å². The van der Waals surface area contributed by atoms with Crippen LogP contribution in [0, 0.1) is 5.92 Å². The average molecular weight is 312 g/mol. The summed E-state index contributed by atoms with van der Waals surface area (Å²) in [5, 5.41) is 18.2. The molecule has 6 heteroatoms. The van der Waals surface area contributed by atoms with E-state index in [2.05, 4.69) is 5.32 Å². The van der Waals surface area contributed by atoms with Gasteiger partial charge in [0.15, 0.2) is 0 Å². The Morgan fingerprint density at radius 2 is 2.00 bits per heavy atom. The summed E-state index contributed by atoms with van der Waals surface area (Å²) in [7, 11) is -3.63. The van der Waals surface area contributed by atoms with Crippen LogP contribution < -0.4 is 10.5 Å². The second-order valence-corrected chi connectivity index (χ2v) is 7.49. The molecule has 5 nitrogen and oxygen atoms in total. The molecular formula is C15H24N2O3S. The van der Waals surface area contributed by atoms with Crippen LogP contribution in [-0.2, 0) is 10.0 Å². The zero-order valence-corrected chi connectivity index (χ0v) is 13.1. The van der Waals surface area contributed by atoms with Crippen molar-refractivity contribution in [1.29, 1.82) is 0 Å². The molecule has 1 aromatic rings. The van der Waals surface area contributed by atoms with Gasteiger partial charge in [0.05, 0.1) is 11.0 Å². The van der Waals surface area contributed by atoms with Crippen molar-refractivity contribution in [2.45, 2.75) is 49.6 Å². The first-order valence-corrected chi connectivity index (χ1v) is 8.95. The van der Waals surface area contributed by atoms with Crippen molar-refractivity contribution in [3.05, 3.63) is 29.8 Å². The van der Waals surface area contributed by atoms with Crippen molar-refractivity contribution >= 4 is 10.0 Å². The molecule has 1 aromatic carbocycles. The highest BCUT2D eigenvalue weighted by Crippen LogP contribution is 2.24. The predicted molar refractivity (Wildman–Crippen MR) is 82.2 cm³/mol. The zero-order chi connectivity index (χ0) is 15.5. The van der Waals surface area contributed by atoms with E-state index in [4.69, 9.17) is 5.14 Å². The van der Waals surface area contributed by atoms with Gasteiger partial charge in [-0.2, -0.15) is 0 Å². The van der Waals surface area contributed by atoms with Gasteiger partial charge < -0.3 is 10.4 Å². The maximum absolute atomic E-state index is 11.2. The molecule has 0 aliphatic heterocycles. The maximum atomic E-state index is 11.2. The van der Waals surface area contributed by atoms with E-state index in [9.17, 15) is 13.5 Å². The molecule has 0 bridgehead atoms. The Balaban J connectivity index is 1.89. The molecule has 3 atom stereocenters. The van der Waals surface area contributed by atoms with Gasteiger partial charge in [0.1, 0.15) is 0 Å². The van der Waals surface area contributed by atoms with Crippen LogP contribution in [0.2, 0.25) is 0 Å². The number of benzene rings is 1. The molecule has 1 aliphatic rings. The minimum atomic E-state index is -3.63. The third kappa shape index (κ3) is 4.78. The number of aliphatic hydroxyl groups is 1. The van der Waals surface area contributed by atoms with Gasteiger partial charge in [0, 0.05) is 6.04 Å². The van der Waals surface area contributed by atoms with E-state index in [1.807, 2.05) is 6.92 Å². The molecule has 0 radical (unpaired) electrons. The smallest absolute Gasteiger partial charge is 0.238 e. The third-order valence-electron chi connectivity index (χ3n) is 4.18. The SMILES string of the molecule is CC(NCC1CCCC(O)C1)c1ccc(S(N)(=O)=O)cc1. The average Bonchev–Trinajstić information content (AvgIpc) is 2.44. The zero-order valence-electron chi connectivity index (χ0n) is 12.3. The van der Waals surface area contributed by atoms with Gasteiger partial charge in [-0.05, 0) is 56.3 Å². The second kappa shape index (κ2) is 6.87. The van der Waals surface area contributed by atoms with Crippen LogP contribution in [0.3, 0.4) is 0 Å². The quantitative estimate of drug-likeness (QED) is 0.769. The summed E-state index contributed by atoms with van der Waals surface area (Å²) in [4.78, 5) is 0.133. The Kier molecular flexibility index (Phi) is 5.37. The van der Waals surface area contributed by atoms with Crippen LogP contribution >= 0.6 is 0 Å². The molecule has 1 saturated carbocycles. The first kappa shape index (κ1) is 16.4. The van der Waals surface area contributed by atoms with Gasteiger partial charge in [-0.25, -0.2) is 13.6 Å². The number of nitrogens with two attached hydrogens (primary N) is 1. The van der Waals surface area contributed by atoms with Crippen molar-refractivity contribution in [3.63, 3.8) is 0 Å². The van der Waals surface area contributed by atoms with Crippen molar-refractivity contribution < 1.29 is 13.5 Å². The lowest BCUT2D eigenvalue weighted by atomic mass is 9.87. The fourth-order valence-corrected chi connectivity index (χ4v) is 3.37. The van der Waals surface area contributed by atoms with Crippen LogP contribution in [0.25, 0.3) is 0 Å². The Morgan fingerprint density at radius 3 is 2.57 bits per heavy atom. The lowest BCUT2D eigenvalue weighted by molar-refractivity contribution is 0.0998. The molecule has 21 heavy (non-hydrogen) atoms. The highest BCUT2D eigenvalue weighted by atomic mass is 32.2. The van der Waals surface area contributed by atoms with Gasteiger partial charge in [-0.3, -0.25) is 0 Å². The fraction of sp³-hybridized carbons (Fsp3) is 0.600. The Labute approximate surface area is 126 Å². The molecule has 0 spiro atoms. The van der Waals surface area contributed by atoms with Gasteiger partial charge in [0.25, 0.3) is 0 Å². The predicted octanol–water partition coefficient (Wildman–Crippen LogP) is 1.54. The molecule has 0 heterocycles. The van der Waals surface area contributed by atoms with E-state index < -0.39 is 10.0 Å². The van der Waals surface area contributed by atoms with E-state index in [1.54, 1.807) is 12.1 Å². The van der Waals surface area contributed by atoms with Crippen LogP contribution in [-0.4, -0.2) is 26.2 Å². The summed E-state index contributed by atoms with van der Waals surface area (Å²) in [6.07, 6.45) is 3.87. The summed E-state index contributed by atoms with van der Waals surface area (Å²) in [5.41, 5.74) is 1.03. The standard InChI is InChI=1S/C15H24N2O3S/c1-11(17-10-12-3-2-4-14(18)9-12)13-5-7-15(8-6-13)21(16,19)20/h5-8,11-12,14,17-18H,2-4,9-10H2,1H3,(H2,16,19,20). The molecular weight excluding hydrogens is 288 g/mol. The minimum absolute atomic E-state index is 0.133. The summed E-state index contributed by atoms with van der Waals surface area (Å²) < 4.78 is 22.4. The van der Waals surface area contributed by atoms with E-state index in [0.717, 1.165) is 37.8 Å². The molecule has 2 rings (SSSR count). The number of nitrogens with one attached hydrogen (secondary N) is 1. The van der Waals surface area contributed by atoms with Crippen molar-refractivity contribution in [2.75, 3.05) is 6.54 Å². The fourth-order valence-electron chi connectivity index (χ4n) is 2.86. The molecule has 3 unspecified atom stereocenters. The molecule has 0 aromatic heterocycles. The van der Waals surface area contributed by atoms with Crippen molar-refractivity contribution in [2.24, 2.45) is 11.1 Å². The number of hydrogen-bond acceptors (Lipinski definition) is 4. The summed E-state index contributed by atoms with van der Waals surface area (Å²) >= 11 is 0. The molecule has 0 amide bonds. The summed E-state index contributed by atoms with van der Waals surface area (Å²) in [5.74, 6) is 0.514. The Hall–Kier alpha value is -0.950. The Morgan fingerprint density at radius 1 is 1.33 bits per heavy atom. The lowest BCUT2D eigenvalue weighted by Gasteiger charge is -2.27. The Bertz CT molecular complexity index is 557. The lowest BCUT2D eigenvalue weighted by Crippen LogP contribution is -2.30. The summed E-state index contributed by atoms with van der Waals surface area (Å²) in [6, 6.07) is 6.78. The van der Waals surface area contributed by atoms with Crippen LogP contribution in [0.5, 0.6) is 0 Å². The van der Waals surface area contributed by atoms with Crippen LogP contribution in [0.15, 0.2) is 29.2 Å². The first-order chi connectivity index (χ1) is 9.86. The van der Waals surface area contributed by atoms with E-state index in [1.165, 1.54) is 12.1 Å². The topological polar surface area (TPSA) is 92.4 Å². The maximum Gasteiger partial charge on any atom is 0.238 e. The summed E-state index contributed by atoms with van der Waals surface area (Å²) in [6.45, 7) is 2.92. The third-order valence-corrected chi connectivity index (χ3v) is 5.11. The molecule has 1 fully saturated rings. The number of aliphatic hydroxyl groups excluding tert-OH is 1. The highest BCUT2D eigenvalue weighted by molar-refractivity contribution is 7.89. The number of rotatable bonds is 5. The van der Waals surface area contributed by atoms with Crippen molar-refractivity contribution in [1.82, 2.24) is 5.32 Å². The molecule has 4 N–H and O–H groups in total. The monoisotopic (exact) mass is 312 g/mol. The van der Waals surface area contributed by atoms with Gasteiger partial charge in [-0.1, -0.05) is 18.6 Å². The van der Waals surface area contributed by atoms with Crippen molar-refractivity contribution in [3.8, 4) is 0 Å². The molecule has 0 saturated heterocycles. The molecule has 118 valence electrons. The van der Waals surface area contributed by atoms with Crippen LogP contribution in [0.4, 0.5) is 0 Å². The van der Waals surface area contributed by atoms with E-state index in [0.29, 0.717) is 5.92 Å². The number of hydrogen-bond donors (Lipinski definition) is 3. The first-order valence-electron chi connectivity index (χ1n) is 7.40. The van der Waals surface area contributed by atoms with Gasteiger partial charge >= 0.3 is 0 Å². The normalized spacial score (nSPS) is 24.7. The van der Waals surface area contributed by atoms with E-state index in [-0.39, 0.29) is 17.0 Å². The molecule has 1 aliphatic carbocycles. The van der Waals surface area contributed by atoms with Gasteiger partial charge in [-0.15, -0.1) is 0 Å². The highest BCUT2D eigenvalue weighted by Gasteiger charge is 2.20. The largest absolute Gasteiger partial charge is 0.393 e. The minimum Gasteiger partial charge on any atom is -0.393 e. The number of sulfonamides is 1. The van der Waals surface area contributed by atoms with Crippen LogP contribution in [0.1, 0.15) is 44.2 Å².